The maximum absolute atomic E-state index is 12.4. The van der Waals surface area contributed by atoms with Gasteiger partial charge in [-0.05, 0) is 59.8 Å². The van der Waals surface area contributed by atoms with E-state index in [0.717, 1.165) is 19.3 Å². The quantitative estimate of drug-likeness (QED) is 0.895. The Morgan fingerprint density at radius 3 is 2.45 bits per heavy atom. The van der Waals surface area contributed by atoms with E-state index in [1.807, 2.05) is 0 Å². The minimum absolute atomic E-state index is 0.0529. The Bertz CT molecular complexity index is 654. The second kappa shape index (κ2) is 5.46. The fraction of sp³-hybridized carbons (Fsp3) is 0.462. The molecular formula is C13H17BrN2O3S. The van der Waals surface area contributed by atoms with Gasteiger partial charge in [-0.2, -0.15) is 0 Å². The standard InChI is InChI=1S/C13H17BrN2O3S/c1-8-6-9(7-11(12(8)14)20(15,18)19)13(17)16(2)10-4-3-5-10/h6-7,10H,3-5H2,1-2H3,(H2,15,18,19). The van der Waals surface area contributed by atoms with E-state index in [9.17, 15) is 13.2 Å². The molecule has 1 aliphatic rings. The largest absolute Gasteiger partial charge is 0.339 e. The summed E-state index contributed by atoms with van der Waals surface area (Å²) in [5.41, 5.74) is 1.02. The molecule has 110 valence electrons. The highest BCUT2D eigenvalue weighted by Crippen LogP contribution is 2.29. The first-order valence-corrected chi connectivity index (χ1v) is 8.66. The number of rotatable bonds is 3. The molecule has 2 rings (SSSR count). The molecule has 0 radical (unpaired) electrons. The zero-order valence-electron chi connectivity index (χ0n) is 11.4. The monoisotopic (exact) mass is 360 g/mol. The third-order valence-corrected chi connectivity index (χ3v) is 5.97. The van der Waals surface area contributed by atoms with Crippen LogP contribution in [-0.2, 0) is 10.0 Å². The molecule has 1 amide bonds. The van der Waals surface area contributed by atoms with Crippen LogP contribution in [0.3, 0.4) is 0 Å². The van der Waals surface area contributed by atoms with Crippen LogP contribution in [0.25, 0.3) is 0 Å². The third kappa shape index (κ3) is 2.89. The van der Waals surface area contributed by atoms with Gasteiger partial charge in [0.25, 0.3) is 5.91 Å². The van der Waals surface area contributed by atoms with Crippen molar-refractivity contribution in [2.75, 3.05) is 7.05 Å². The summed E-state index contributed by atoms with van der Waals surface area (Å²) < 4.78 is 23.6. The molecule has 5 nitrogen and oxygen atoms in total. The van der Waals surface area contributed by atoms with Crippen molar-refractivity contribution < 1.29 is 13.2 Å². The summed E-state index contributed by atoms with van der Waals surface area (Å²) in [7, 11) is -2.12. The minimum atomic E-state index is -3.87. The zero-order chi connectivity index (χ0) is 15.1. The van der Waals surface area contributed by atoms with Crippen molar-refractivity contribution in [1.29, 1.82) is 0 Å². The number of hydrogen-bond donors (Lipinski definition) is 1. The fourth-order valence-corrected chi connectivity index (χ4v) is 3.82. The second-order valence-electron chi connectivity index (χ2n) is 5.15. The van der Waals surface area contributed by atoms with Gasteiger partial charge in [0.15, 0.2) is 0 Å². The molecule has 0 atom stereocenters. The highest BCUT2D eigenvalue weighted by Gasteiger charge is 2.27. The molecule has 0 aromatic heterocycles. The first-order valence-electron chi connectivity index (χ1n) is 6.32. The molecule has 1 aliphatic carbocycles. The Labute approximate surface area is 127 Å². The van der Waals surface area contributed by atoms with E-state index in [-0.39, 0.29) is 16.8 Å². The number of nitrogens with two attached hydrogens (primary N) is 1. The van der Waals surface area contributed by atoms with Gasteiger partial charge in [0.2, 0.25) is 10.0 Å². The highest BCUT2D eigenvalue weighted by molar-refractivity contribution is 9.10. The molecule has 0 spiro atoms. The number of carbonyl (C=O) groups excluding carboxylic acids is 1. The van der Waals surface area contributed by atoms with Crippen LogP contribution in [0.5, 0.6) is 0 Å². The van der Waals surface area contributed by atoms with Crippen molar-refractivity contribution >= 4 is 31.9 Å². The lowest BCUT2D eigenvalue weighted by atomic mass is 9.91. The van der Waals surface area contributed by atoms with Gasteiger partial charge in [-0.1, -0.05) is 0 Å². The smallest absolute Gasteiger partial charge is 0.253 e. The molecule has 0 heterocycles. The normalized spacial score (nSPS) is 15.8. The predicted molar refractivity (Wildman–Crippen MR) is 80.0 cm³/mol. The van der Waals surface area contributed by atoms with E-state index in [1.165, 1.54) is 6.07 Å². The van der Waals surface area contributed by atoms with E-state index in [0.29, 0.717) is 15.6 Å². The first kappa shape index (κ1) is 15.5. The van der Waals surface area contributed by atoms with Crippen LogP contribution in [-0.4, -0.2) is 32.3 Å². The average molecular weight is 361 g/mol. The molecule has 1 aromatic carbocycles. The molecule has 0 aliphatic heterocycles. The van der Waals surface area contributed by atoms with Gasteiger partial charge in [0.05, 0.1) is 4.90 Å². The summed E-state index contributed by atoms with van der Waals surface area (Å²) in [6.07, 6.45) is 3.13. The first-order chi connectivity index (χ1) is 9.21. The number of primary sulfonamides is 1. The summed E-state index contributed by atoms with van der Waals surface area (Å²) in [6.45, 7) is 1.74. The molecule has 0 unspecified atom stereocenters. The van der Waals surface area contributed by atoms with Crippen LogP contribution >= 0.6 is 15.9 Å². The van der Waals surface area contributed by atoms with Crippen LogP contribution in [0.1, 0.15) is 35.2 Å². The second-order valence-corrected chi connectivity index (χ2v) is 7.47. The maximum atomic E-state index is 12.4. The third-order valence-electron chi connectivity index (χ3n) is 3.72. The highest BCUT2D eigenvalue weighted by atomic mass is 79.9. The number of benzene rings is 1. The van der Waals surface area contributed by atoms with Crippen LogP contribution in [0.2, 0.25) is 0 Å². The summed E-state index contributed by atoms with van der Waals surface area (Å²) in [5.74, 6) is -0.171. The van der Waals surface area contributed by atoms with E-state index in [1.54, 1.807) is 24.9 Å². The van der Waals surface area contributed by atoms with E-state index < -0.39 is 10.0 Å². The molecule has 7 heteroatoms. The summed E-state index contributed by atoms with van der Waals surface area (Å²) in [5, 5.41) is 5.19. The molecule has 0 saturated heterocycles. The van der Waals surface area contributed by atoms with E-state index >= 15 is 0 Å². The van der Waals surface area contributed by atoms with Crippen molar-refractivity contribution in [3.05, 3.63) is 27.7 Å². The SMILES string of the molecule is Cc1cc(C(=O)N(C)C2CCC2)cc(S(N)(=O)=O)c1Br. The Balaban J connectivity index is 2.42. The number of nitrogens with zero attached hydrogens (tertiary/aromatic N) is 1. The van der Waals surface area contributed by atoms with Crippen molar-refractivity contribution in [3.8, 4) is 0 Å². The van der Waals surface area contributed by atoms with Crippen LogP contribution in [0, 0.1) is 6.92 Å². The summed E-state index contributed by atoms with van der Waals surface area (Å²) >= 11 is 3.21. The lowest BCUT2D eigenvalue weighted by Gasteiger charge is -2.34. The Kier molecular flexibility index (Phi) is 4.22. The van der Waals surface area contributed by atoms with Gasteiger partial charge >= 0.3 is 0 Å². The molecular weight excluding hydrogens is 344 g/mol. The van der Waals surface area contributed by atoms with Gasteiger partial charge in [-0.15, -0.1) is 0 Å². The van der Waals surface area contributed by atoms with E-state index in [2.05, 4.69) is 15.9 Å². The maximum Gasteiger partial charge on any atom is 0.253 e. The van der Waals surface area contributed by atoms with Crippen molar-refractivity contribution in [1.82, 2.24) is 4.90 Å². The lowest BCUT2D eigenvalue weighted by Crippen LogP contribution is -2.41. The number of aryl methyl sites for hydroxylation is 1. The molecule has 20 heavy (non-hydrogen) atoms. The van der Waals surface area contributed by atoms with Crippen LogP contribution in [0.4, 0.5) is 0 Å². The van der Waals surface area contributed by atoms with Crippen molar-refractivity contribution in [3.63, 3.8) is 0 Å². The zero-order valence-corrected chi connectivity index (χ0v) is 13.8. The Morgan fingerprint density at radius 1 is 1.40 bits per heavy atom. The van der Waals surface area contributed by atoms with Crippen molar-refractivity contribution in [2.24, 2.45) is 5.14 Å². The Morgan fingerprint density at radius 2 is 2.00 bits per heavy atom. The molecule has 0 bridgehead atoms. The number of amides is 1. The van der Waals surface area contributed by atoms with Crippen LogP contribution in [0.15, 0.2) is 21.5 Å². The molecule has 1 saturated carbocycles. The topological polar surface area (TPSA) is 80.5 Å². The van der Waals surface area contributed by atoms with Gasteiger partial charge in [-0.3, -0.25) is 4.79 Å². The predicted octanol–water partition coefficient (Wildman–Crippen LogP) is 2.03. The molecule has 1 aromatic rings. The summed E-state index contributed by atoms with van der Waals surface area (Å²) in [4.78, 5) is 14.0. The van der Waals surface area contributed by atoms with Gasteiger partial charge in [0.1, 0.15) is 0 Å². The van der Waals surface area contributed by atoms with Gasteiger partial charge < -0.3 is 4.90 Å². The molecule has 1 fully saturated rings. The number of halogens is 1. The van der Waals surface area contributed by atoms with Crippen LogP contribution < -0.4 is 5.14 Å². The number of carbonyl (C=O) groups is 1. The average Bonchev–Trinajstić information content (AvgIpc) is 2.27. The minimum Gasteiger partial charge on any atom is -0.339 e. The van der Waals surface area contributed by atoms with Gasteiger partial charge in [0, 0.05) is 23.1 Å². The summed E-state index contributed by atoms with van der Waals surface area (Å²) in [6, 6.07) is 3.27. The lowest BCUT2D eigenvalue weighted by molar-refractivity contribution is 0.0651. The Hall–Kier alpha value is -0.920. The number of hydrogen-bond acceptors (Lipinski definition) is 3. The van der Waals surface area contributed by atoms with Gasteiger partial charge in [-0.25, -0.2) is 13.6 Å². The van der Waals surface area contributed by atoms with Crippen molar-refractivity contribution in [2.45, 2.75) is 37.1 Å². The van der Waals surface area contributed by atoms with E-state index in [4.69, 9.17) is 5.14 Å². The fourth-order valence-electron chi connectivity index (χ4n) is 2.21. The molecule has 2 N–H and O–H groups in total. The number of sulfonamides is 1.